The van der Waals surface area contributed by atoms with Crippen LogP contribution in [0.5, 0.6) is 0 Å². The first-order chi connectivity index (χ1) is 10.0. The van der Waals surface area contributed by atoms with Gasteiger partial charge in [0.1, 0.15) is 0 Å². The summed E-state index contributed by atoms with van der Waals surface area (Å²) in [6.45, 7) is 3.02. The van der Waals surface area contributed by atoms with E-state index in [1.807, 2.05) is 0 Å². The van der Waals surface area contributed by atoms with Gasteiger partial charge in [-0.2, -0.15) is 0 Å². The Morgan fingerprint density at radius 2 is 2.29 bits per heavy atom. The molecule has 1 aliphatic heterocycles. The minimum atomic E-state index is -3.55. The van der Waals surface area contributed by atoms with Crippen molar-refractivity contribution < 1.29 is 13.2 Å². The van der Waals surface area contributed by atoms with Crippen molar-refractivity contribution in [3.8, 4) is 11.8 Å². The van der Waals surface area contributed by atoms with Crippen molar-refractivity contribution in [2.75, 3.05) is 19.7 Å². The van der Waals surface area contributed by atoms with Crippen molar-refractivity contribution in [3.05, 3.63) is 29.3 Å². The van der Waals surface area contributed by atoms with E-state index in [1.54, 1.807) is 25.1 Å². The molecule has 0 radical (unpaired) electrons. The zero-order valence-corrected chi connectivity index (χ0v) is 12.9. The molecule has 1 aromatic rings. The van der Waals surface area contributed by atoms with E-state index in [1.165, 1.54) is 0 Å². The second-order valence-corrected chi connectivity index (χ2v) is 6.71. The highest BCUT2D eigenvalue weighted by molar-refractivity contribution is 7.89. The van der Waals surface area contributed by atoms with Crippen LogP contribution in [0.2, 0.25) is 0 Å². The van der Waals surface area contributed by atoms with E-state index in [4.69, 9.17) is 10.5 Å². The van der Waals surface area contributed by atoms with Gasteiger partial charge in [-0.3, -0.25) is 0 Å². The Bertz CT molecular complexity index is 653. The normalized spacial score (nSPS) is 18.3. The van der Waals surface area contributed by atoms with Crippen LogP contribution in [0.1, 0.15) is 24.0 Å². The fourth-order valence-corrected chi connectivity index (χ4v) is 3.54. The van der Waals surface area contributed by atoms with Crippen molar-refractivity contribution in [1.82, 2.24) is 4.72 Å². The number of ether oxygens (including phenoxy) is 1. The molecule has 21 heavy (non-hydrogen) atoms. The standard InChI is InChI=1S/C15H20N2O3S/c1-12-6-7-13(4-2-8-16)10-15(12)21(18,19)17-11-14-5-3-9-20-14/h6-7,10,14,17H,3,5,8-9,11,16H2,1H3. The Balaban J connectivity index is 2.17. The average Bonchev–Trinajstić information content (AvgIpc) is 2.97. The largest absolute Gasteiger partial charge is 0.377 e. The van der Waals surface area contributed by atoms with E-state index in [9.17, 15) is 8.42 Å². The van der Waals surface area contributed by atoms with E-state index in [2.05, 4.69) is 16.6 Å². The Hall–Kier alpha value is -1.39. The fourth-order valence-electron chi connectivity index (χ4n) is 2.21. The molecule has 1 aromatic carbocycles. The first-order valence-corrected chi connectivity index (χ1v) is 8.42. The molecular formula is C15H20N2O3S. The average molecular weight is 308 g/mol. The van der Waals surface area contributed by atoms with Crippen LogP contribution in [-0.4, -0.2) is 34.2 Å². The highest BCUT2D eigenvalue weighted by Gasteiger charge is 2.21. The quantitative estimate of drug-likeness (QED) is 0.805. The second-order valence-electron chi connectivity index (χ2n) is 4.97. The van der Waals surface area contributed by atoms with Crippen molar-refractivity contribution in [2.24, 2.45) is 5.73 Å². The molecule has 1 aliphatic rings. The molecule has 1 heterocycles. The van der Waals surface area contributed by atoms with Gasteiger partial charge in [0.2, 0.25) is 10.0 Å². The molecule has 0 saturated carbocycles. The zero-order valence-electron chi connectivity index (χ0n) is 12.1. The number of rotatable bonds is 4. The van der Waals surface area contributed by atoms with Gasteiger partial charge >= 0.3 is 0 Å². The van der Waals surface area contributed by atoms with Crippen LogP contribution >= 0.6 is 0 Å². The summed E-state index contributed by atoms with van der Waals surface area (Å²) in [5, 5.41) is 0. The molecule has 3 N–H and O–H groups in total. The first kappa shape index (κ1) is 16.0. The van der Waals surface area contributed by atoms with Crippen molar-refractivity contribution in [3.63, 3.8) is 0 Å². The lowest BCUT2D eigenvalue weighted by molar-refractivity contribution is 0.114. The number of sulfonamides is 1. The Morgan fingerprint density at radius 1 is 1.48 bits per heavy atom. The molecule has 114 valence electrons. The molecule has 1 saturated heterocycles. The predicted octanol–water partition coefficient (Wildman–Crippen LogP) is 0.763. The number of nitrogens with one attached hydrogen (secondary N) is 1. The lowest BCUT2D eigenvalue weighted by Crippen LogP contribution is -2.32. The zero-order chi connectivity index (χ0) is 15.3. The summed E-state index contributed by atoms with van der Waals surface area (Å²) >= 11 is 0. The van der Waals surface area contributed by atoms with Crippen LogP contribution in [-0.2, 0) is 14.8 Å². The summed E-state index contributed by atoms with van der Waals surface area (Å²) in [6.07, 6.45) is 1.85. The Morgan fingerprint density at radius 3 is 2.95 bits per heavy atom. The summed E-state index contributed by atoms with van der Waals surface area (Å²) in [5.41, 5.74) is 6.66. The summed E-state index contributed by atoms with van der Waals surface area (Å²) in [7, 11) is -3.55. The molecule has 1 atom stereocenters. The molecule has 5 nitrogen and oxygen atoms in total. The van der Waals surface area contributed by atoms with E-state index in [0.29, 0.717) is 24.3 Å². The first-order valence-electron chi connectivity index (χ1n) is 6.94. The van der Waals surface area contributed by atoms with Crippen molar-refractivity contribution in [1.29, 1.82) is 0 Å². The molecule has 0 bridgehead atoms. The van der Waals surface area contributed by atoms with Gasteiger partial charge in [0, 0.05) is 18.7 Å². The van der Waals surface area contributed by atoms with Crippen LogP contribution in [0.15, 0.2) is 23.1 Å². The molecular weight excluding hydrogens is 288 g/mol. The molecule has 0 aliphatic carbocycles. The van der Waals surface area contributed by atoms with Gasteiger partial charge < -0.3 is 10.5 Å². The molecule has 2 rings (SSSR count). The van der Waals surface area contributed by atoms with Crippen molar-refractivity contribution in [2.45, 2.75) is 30.8 Å². The molecule has 1 fully saturated rings. The Labute approximate surface area is 125 Å². The van der Waals surface area contributed by atoms with E-state index in [0.717, 1.165) is 12.8 Å². The monoisotopic (exact) mass is 308 g/mol. The predicted molar refractivity (Wildman–Crippen MR) is 81.3 cm³/mol. The Kier molecular flexibility index (Phi) is 5.37. The van der Waals surface area contributed by atoms with Gasteiger partial charge in [-0.15, -0.1) is 0 Å². The highest BCUT2D eigenvalue weighted by atomic mass is 32.2. The SMILES string of the molecule is Cc1ccc(C#CCN)cc1S(=O)(=O)NCC1CCCO1. The summed E-state index contributed by atoms with van der Waals surface area (Å²) in [6, 6.07) is 5.12. The molecule has 0 aromatic heterocycles. The number of aryl methyl sites for hydroxylation is 1. The van der Waals surface area contributed by atoms with E-state index >= 15 is 0 Å². The topological polar surface area (TPSA) is 81.4 Å². The third-order valence-electron chi connectivity index (χ3n) is 3.34. The van der Waals surface area contributed by atoms with Gasteiger partial charge in [0.05, 0.1) is 17.5 Å². The van der Waals surface area contributed by atoms with Gasteiger partial charge in [0.25, 0.3) is 0 Å². The number of benzene rings is 1. The van der Waals surface area contributed by atoms with Crippen LogP contribution < -0.4 is 10.5 Å². The van der Waals surface area contributed by atoms with Gasteiger partial charge in [-0.1, -0.05) is 17.9 Å². The fraction of sp³-hybridized carbons (Fsp3) is 0.467. The maximum Gasteiger partial charge on any atom is 0.240 e. The number of nitrogens with two attached hydrogens (primary N) is 1. The minimum absolute atomic E-state index is 0.0275. The van der Waals surface area contributed by atoms with E-state index in [-0.39, 0.29) is 17.5 Å². The van der Waals surface area contributed by atoms with Gasteiger partial charge in [0.15, 0.2) is 0 Å². The van der Waals surface area contributed by atoms with Crippen LogP contribution in [0.4, 0.5) is 0 Å². The molecule has 0 spiro atoms. The summed E-state index contributed by atoms with van der Waals surface area (Å²) in [4.78, 5) is 0.254. The van der Waals surface area contributed by atoms with E-state index < -0.39 is 10.0 Å². The smallest absolute Gasteiger partial charge is 0.240 e. The summed E-state index contributed by atoms with van der Waals surface area (Å²) < 4.78 is 32.8. The minimum Gasteiger partial charge on any atom is -0.377 e. The highest BCUT2D eigenvalue weighted by Crippen LogP contribution is 2.18. The van der Waals surface area contributed by atoms with Gasteiger partial charge in [-0.25, -0.2) is 13.1 Å². The number of hydrogen-bond acceptors (Lipinski definition) is 4. The molecule has 6 heteroatoms. The summed E-state index contributed by atoms with van der Waals surface area (Å²) in [5.74, 6) is 5.57. The second kappa shape index (κ2) is 7.05. The molecule has 0 amide bonds. The lowest BCUT2D eigenvalue weighted by atomic mass is 10.1. The van der Waals surface area contributed by atoms with Crippen LogP contribution in [0, 0.1) is 18.8 Å². The van der Waals surface area contributed by atoms with Crippen LogP contribution in [0.3, 0.4) is 0 Å². The maximum atomic E-state index is 12.4. The lowest BCUT2D eigenvalue weighted by Gasteiger charge is -2.13. The third-order valence-corrected chi connectivity index (χ3v) is 4.90. The number of hydrogen-bond donors (Lipinski definition) is 2. The van der Waals surface area contributed by atoms with Crippen molar-refractivity contribution >= 4 is 10.0 Å². The maximum absolute atomic E-state index is 12.4. The van der Waals surface area contributed by atoms with Gasteiger partial charge in [-0.05, 0) is 37.5 Å². The van der Waals surface area contributed by atoms with Crippen LogP contribution in [0.25, 0.3) is 0 Å². The third kappa shape index (κ3) is 4.29. The molecule has 1 unspecified atom stereocenters.